The maximum atomic E-state index is 11.9. The molecule has 5 nitrogen and oxygen atoms in total. The fourth-order valence-electron chi connectivity index (χ4n) is 5.36. The second kappa shape index (κ2) is 10.5. The van der Waals surface area contributed by atoms with Crippen molar-refractivity contribution in [2.75, 3.05) is 12.4 Å². The van der Waals surface area contributed by atoms with Crippen LogP contribution in [0.2, 0.25) is 0 Å². The normalized spacial score (nSPS) is 17.3. The number of likely N-dealkylation sites (N-methyl/N-ethyl adjacent to an activating group) is 1. The van der Waals surface area contributed by atoms with E-state index < -0.39 is 12.0 Å². The predicted octanol–water partition coefficient (Wildman–Crippen LogP) is 3.95. The number of amides is 1. The molecule has 6 heteroatoms. The van der Waals surface area contributed by atoms with E-state index >= 15 is 0 Å². The van der Waals surface area contributed by atoms with Crippen LogP contribution in [0.15, 0.2) is 54.6 Å². The van der Waals surface area contributed by atoms with E-state index in [9.17, 15) is 9.59 Å². The number of fused-ring (bicyclic) bond motifs is 5. The van der Waals surface area contributed by atoms with Gasteiger partial charge in [0.1, 0.15) is 6.04 Å². The van der Waals surface area contributed by atoms with Crippen molar-refractivity contribution in [3.8, 4) is 0 Å². The van der Waals surface area contributed by atoms with Gasteiger partial charge in [0.2, 0.25) is 5.91 Å². The van der Waals surface area contributed by atoms with E-state index in [0.29, 0.717) is 6.54 Å². The molecule has 184 valence electrons. The zero-order chi connectivity index (χ0) is 25.2. The Bertz CT molecular complexity index is 1560. The first-order valence-electron chi connectivity index (χ1n) is 12.3. The van der Waals surface area contributed by atoms with Crippen LogP contribution in [0.4, 0.5) is 5.69 Å². The first-order chi connectivity index (χ1) is 17.4. The molecule has 1 amide bonds. The third kappa shape index (κ3) is 4.91. The second-order valence-corrected chi connectivity index (χ2v) is 10.7. The number of halogens is 1. The zero-order valence-corrected chi connectivity index (χ0v) is 22.4. The van der Waals surface area contributed by atoms with Crippen molar-refractivity contribution < 1.29 is 14.7 Å². The van der Waals surface area contributed by atoms with E-state index in [1.54, 1.807) is 23.1 Å². The van der Waals surface area contributed by atoms with Gasteiger partial charge in [0.25, 0.3) is 0 Å². The average Bonchev–Trinajstić information content (AvgIpc) is 3.00. The molecular formula is C30H29IN2O3. The average molecular weight is 592 g/mol. The number of hydrogen-bond donors (Lipinski definition) is 2. The Morgan fingerprint density at radius 2 is 1.89 bits per heavy atom. The Hall–Kier alpha value is -3.13. The van der Waals surface area contributed by atoms with Crippen LogP contribution in [0, 0.1) is 14.0 Å². The molecule has 1 atom stereocenters. The highest BCUT2D eigenvalue weighted by atomic mass is 127. The Morgan fingerprint density at radius 1 is 1.06 bits per heavy atom. The number of aliphatic carboxylic acids is 1. The Kier molecular flexibility index (Phi) is 7.14. The number of hydrogen-bond acceptors (Lipinski definition) is 3. The van der Waals surface area contributed by atoms with Crippen LogP contribution in [-0.4, -0.2) is 35.0 Å². The smallest absolute Gasteiger partial charge is 0.305 e. The lowest BCUT2D eigenvalue weighted by Gasteiger charge is -2.19. The number of carbonyl (C=O) groups is 2. The Labute approximate surface area is 224 Å². The molecule has 0 saturated carbocycles. The number of para-hydroxylation sites is 1. The quantitative estimate of drug-likeness (QED) is 0.443. The molecule has 0 fully saturated rings. The SMILES string of the molecule is CN1Cc2ccccc2NC(CC(=O)O)C1=O.Ic1cccc2c1=CCc1c3c(ccc1=2)=CCCC3. The van der Waals surface area contributed by atoms with Crippen molar-refractivity contribution in [2.45, 2.75) is 44.7 Å². The van der Waals surface area contributed by atoms with Gasteiger partial charge in [-0.3, -0.25) is 9.59 Å². The molecule has 1 aliphatic heterocycles. The van der Waals surface area contributed by atoms with Crippen molar-refractivity contribution >= 4 is 52.3 Å². The van der Waals surface area contributed by atoms with E-state index in [-0.39, 0.29) is 12.3 Å². The van der Waals surface area contributed by atoms with Gasteiger partial charge >= 0.3 is 5.97 Å². The van der Waals surface area contributed by atoms with Gasteiger partial charge in [0.05, 0.1) is 6.42 Å². The molecule has 36 heavy (non-hydrogen) atoms. The fraction of sp³-hybridized carbons (Fsp3) is 0.267. The third-order valence-corrected chi connectivity index (χ3v) is 8.06. The molecule has 3 aliphatic rings. The molecule has 1 heterocycles. The van der Waals surface area contributed by atoms with Gasteiger partial charge < -0.3 is 15.3 Å². The summed E-state index contributed by atoms with van der Waals surface area (Å²) in [6, 6.07) is 18.1. The summed E-state index contributed by atoms with van der Waals surface area (Å²) in [5.74, 6) is -1.17. The highest BCUT2D eigenvalue weighted by molar-refractivity contribution is 14.1. The van der Waals surface area contributed by atoms with Gasteiger partial charge in [-0.2, -0.15) is 0 Å². The van der Waals surface area contributed by atoms with Crippen LogP contribution in [-0.2, 0) is 29.0 Å². The Morgan fingerprint density at radius 3 is 2.72 bits per heavy atom. The lowest BCUT2D eigenvalue weighted by molar-refractivity contribution is -0.141. The molecule has 2 N–H and O–H groups in total. The summed E-state index contributed by atoms with van der Waals surface area (Å²) in [6.07, 6.45) is 9.50. The van der Waals surface area contributed by atoms with Gasteiger partial charge in [-0.1, -0.05) is 54.6 Å². The zero-order valence-electron chi connectivity index (χ0n) is 20.3. The number of rotatable bonds is 2. The highest BCUT2D eigenvalue weighted by Gasteiger charge is 2.28. The minimum absolute atomic E-state index is 0.191. The minimum Gasteiger partial charge on any atom is -0.481 e. The number of carbonyl (C=O) groups excluding carboxylic acids is 1. The van der Waals surface area contributed by atoms with Gasteiger partial charge in [-0.05, 0) is 98.0 Å². The lowest BCUT2D eigenvalue weighted by atomic mass is 9.89. The van der Waals surface area contributed by atoms with Gasteiger partial charge in [-0.25, -0.2) is 0 Å². The summed E-state index contributed by atoms with van der Waals surface area (Å²) in [7, 11) is 1.68. The first-order valence-corrected chi connectivity index (χ1v) is 13.4. The van der Waals surface area contributed by atoms with Crippen LogP contribution >= 0.6 is 22.6 Å². The summed E-state index contributed by atoms with van der Waals surface area (Å²) >= 11 is 2.45. The molecular weight excluding hydrogens is 563 g/mol. The maximum absolute atomic E-state index is 11.9. The number of nitrogens with zero attached hydrogens (tertiary/aromatic N) is 1. The number of carboxylic acid groups (broad SMARTS) is 1. The van der Waals surface area contributed by atoms with Crippen molar-refractivity contribution in [2.24, 2.45) is 0 Å². The second-order valence-electron chi connectivity index (χ2n) is 9.51. The third-order valence-electron chi connectivity index (χ3n) is 7.12. The number of anilines is 1. The van der Waals surface area contributed by atoms with Crippen LogP contribution in [0.25, 0.3) is 12.2 Å². The summed E-state index contributed by atoms with van der Waals surface area (Å²) < 4.78 is 1.37. The topological polar surface area (TPSA) is 69.6 Å². The molecule has 0 aromatic heterocycles. The summed E-state index contributed by atoms with van der Waals surface area (Å²) in [5, 5.41) is 17.6. The number of benzene rings is 3. The summed E-state index contributed by atoms with van der Waals surface area (Å²) in [5.41, 5.74) is 5.00. The predicted molar refractivity (Wildman–Crippen MR) is 151 cm³/mol. The van der Waals surface area contributed by atoms with Gasteiger partial charge in [0, 0.05) is 22.8 Å². The van der Waals surface area contributed by atoms with E-state index in [2.05, 4.69) is 70.4 Å². The van der Waals surface area contributed by atoms with E-state index in [4.69, 9.17) is 5.11 Å². The molecule has 0 saturated heterocycles. The van der Waals surface area contributed by atoms with Gasteiger partial charge in [-0.15, -0.1) is 0 Å². The molecule has 3 aromatic rings. The van der Waals surface area contributed by atoms with E-state index in [1.165, 1.54) is 43.7 Å². The van der Waals surface area contributed by atoms with Crippen molar-refractivity contribution in [1.82, 2.24) is 4.90 Å². The molecule has 0 bridgehead atoms. The highest BCUT2D eigenvalue weighted by Crippen LogP contribution is 2.23. The molecule has 2 aliphatic carbocycles. The largest absolute Gasteiger partial charge is 0.481 e. The van der Waals surface area contributed by atoms with Crippen LogP contribution in [0.1, 0.15) is 36.0 Å². The van der Waals surface area contributed by atoms with Crippen molar-refractivity contribution in [1.29, 1.82) is 0 Å². The summed E-state index contributed by atoms with van der Waals surface area (Å²) in [6.45, 7) is 0.498. The molecule has 3 aromatic carbocycles. The number of carboxylic acids is 1. The van der Waals surface area contributed by atoms with E-state index in [0.717, 1.165) is 17.7 Å². The standard InChI is InChI=1S/C18H15I.C12H14N2O3/c19-18-7-3-6-14-16-9-8-12-4-1-2-5-13(12)15(16)10-11-17(14)18;1-14-7-8-4-2-3-5-9(8)13-10(12(14)17)6-11(15)16/h3-4,6-9,11H,1-2,5,10H2;2-5,10,13H,6-7H2,1H3,(H,15,16). The minimum atomic E-state index is -0.983. The van der Waals surface area contributed by atoms with E-state index in [1.807, 2.05) is 24.3 Å². The van der Waals surface area contributed by atoms with Crippen molar-refractivity contribution in [3.05, 3.63) is 95.7 Å². The number of nitrogens with one attached hydrogen (secondary N) is 1. The lowest BCUT2D eigenvalue weighted by Crippen LogP contribution is -2.39. The monoisotopic (exact) mass is 592 g/mol. The fourth-order valence-corrected chi connectivity index (χ4v) is 6.08. The Balaban J connectivity index is 0.000000149. The van der Waals surface area contributed by atoms with Crippen LogP contribution in [0.5, 0.6) is 0 Å². The molecule has 0 spiro atoms. The van der Waals surface area contributed by atoms with Crippen LogP contribution < -0.4 is 15.8 Å². The summed E-state index contributed by atoms with van der Waals surface area (Å²) in [4.78, 5) is 24.2. The molecule has 0 radical (unpaired) electrons. The molecule has 6 rings (SSSR count). The van der Waals surface area contributed by atoms with Crippen molar-refractivity contribution in [3.63, 3.8) is 0 Å². The first kappa shape index (κ1) is 24.6. The van der Waals surface area contributed by atoms with Gasteiger partial charge in [0.15, 0.2) is 0 Å². The molecule has 1 unspecified atom stereocenters. The van der Waals surface area contributed by atoms with Crippen LogP contribution in [0.3, 0.4) is 0 Å². The maximum Gasteiger partial charge on any atom is 0.305 e.